The van der Waals surface area contributed by atoms with Gasteiger partial charge in [0.1, 0.15) is 0 Å². The van der Waals surface area contributed by atoms with E-state index in [1.54, 1.807) is 0 Å². The van der Waals surface area contributed by atoms with Crippen LogP contribution in [0.5, 0.6) is 0 Å². The van der Waals surface area contributed by atoms with Crippen molar-refractivity contribution in [2.24, 2.45) is 5.41 Å². The molecule has 1 aliphatic heterocycles. The quantitative estimate of drug-likeness (QED) is 0.674. The van der Waals surface area contributed by atoms with Crippen molar-refractivity contribution in [3.05, 3.63) is 0 Å². The van der Waals surface area contributed by atoms with Crippen LogP contribution in [-0.2, 0) is 9.59 Å². The first-order valence-electron chi connectivity index (χ1n) is 8.03. The molecular formula is C16H30N2O3. The molecule has 1 aliphatic rings. The lowest BCUT2D eigenvalue weighted by atomic mass is 9.85. The van der Waals surface area contributed by atoms with Gasteiger partial charge in [0, 0.05) is 25.6 Å². The van der Waals surface area contributed by atoms with Crippen LogP contribution in [0.1, 0.15) is 59.3 Å². The Morgan fingerprint density at radius 1 is 1.29 bits per heavy atom. The Kier molecular flexibility index (Phi) is 7.15. The molecule has 1 atom stereocenters. The molecule has 0 spiro atoms. The molecule has 0 aromatic carbocycles. The van der Waals surface area contributed by atoms with E-state index in [4.69, 9.17) is 5.11 Å². The molecule has 0 radical (unpaired) electrons. The molecule has 1 fully saturated rings. The topological polar surface area (TPSA) is 69.6 Å². The number of carbonyl (C=O) groups excluding carboxylic acids is 1. The van der Waals surface area contributed by atoms with Gasteiger partial charge in [0.2, 0.25) is 5.91 Å². The van der Waals surface area contributed by atoms with Crippen LogP contribution in [0.2, 0.25) is 0 Å². The highest BCUT2D eigenvalue weighted by molar-refractivity contribution is 5.77. The average Bonchev–Trinajstić information content (AvgIpc) is 2.34. The lowest BCUT2D eigenvalue weighted by Gasteiger charge is -2.33. The number of nitrogens with one attached hydrogen (secondary N) is 1. The van der Waals surface area contributed by atoms with Gasteiger partial charge in [-0.25, -0.2) is 0 Å². The summed E-state index contributed by atoms with van der Waals surface area (Å²) in [6.45, 7) is 8.77. The Balaban J connectivity index is 2.17. The van der Waals surface area contributed by atoms with Crippen LogP contribution in [0.3, 0.4) is 0 Å². The molecule has 1 unspecified atom stereocenters. The van der Waals surface area contributed by atoms with E-state index in [9.17, 15) is 9.59 Å². The summed E-state index contributed by atoms with van der Waals surface area (Å²) in [7, 11) is 0. The van der Waals surface area contributed by atoms with E-state index >= 15 is 0 Å². The summed E-state index contributed by atoms with van der Waals surface area (Å²) in [5, 5.41) is 11.7. The first-order valence-corrected chi connectivity index (χ1v) is 8.03. The van der Waals surface area contributed by atoms with Crippen LogP contribution in [0.25, 0.3) is 0 Å². The molecule has 1 rings (SSSR count). The number of hydrogen-bond donors (Lipinski definition) is 2. The van der Waals surface area contributed by atoms with Crippen molar-refractivity contribution < 1.29 is 14.7 Å². The summed E-state index contributed by atoms with van der Waals surface area (Å²) in [6.07, 6.45) is 5.11. The van der Waals surface area contributed by atoms with Crippen LogP contribution >= 0.6 is 0 Å². The molecule has 0 aromatic rings. The third-order valence-electron chi connectivity index (χ3n) is 4.15. The van der Waals surface area contributed by atoms with Crippen molar-refractivity contribution in [1.29, 1.82) is 0 Å². The Bertz CT molecular complexity index is 355. The molecular weight excluding hydrogens is 268 g/mol. The maximum absolute atomic E-state index is 11.8. The summed E-state index contributed by atoms with van der Waals surface area (Å²) >= 11 is 0. The number of carboxylic acids is 1. The maximum atomic E-state index is 11.8. The van der Waals surface area contributed by atoms with Gasteiger partial charge in [-0.3, -0.25) is 9.59 Å². The smallest absolute Gasteiger partial charge is 0.303 e. The number of carboxylic acid groups (broad SMARTS) is 1. The van der Waals surface area contributed by atoms with E-state index in [1.165, 1.54) is 25.8 Å². The fraction of sp³-hybridized carbons (Fsp3) is 0.875. The van der Waals surface area contributed by atoms with Gasteiger partial charge in [-0.1, -0.05) is 20.3 Å². The number of likely N-dealkylation sites (tertiary alicyclic amines) is 1. The van der Waals surface area contributed by atoms with Gasteiger partial charge >= 0.3 is 5.97 Å². The number of nitrogens with zero attached hydrogens (tertiary/aromatic N) is 1. The fourth-order valence-corrected chi connectivity index (χ4v) is 2.97. The van der Waals surface area contributed by atoms with E-state index in [0.717, 1.165) is 13.0 Å². The standard InChI is InChI=1S/C16H30N2O3/c1-13-7-4-5-9-18(13)10-6-8-17-14(19)11-16(2,3)12-15(20)21/h13H,4-12H2,1-3H3,(H,17,19)(H,20,21). The molecule has 122 valence electrons. The predicted molar refractivity (Wildman–Crippen MR) is 83.2 cm³/mol. The van der Waals surface area contributed by atoms with Gasteiger partial charge in [0.15, 0.2) is 0 Å². The van der Waals surface area contributed by atoms with E-state index in [-0.39, 0.29) is 18.7 Å². The first kappa shape index (κ1) is 18.0. The van der Waals surface area contributed by atoms with Crippen molar-refractivity contribution in [3.63, 3.8) is 0 Å². The van der Waals surface area contributed by atoms with Crippen molar-refractivity contribution >= 4 is 11.9 Å². The van der Waals surface area contributed by atoms with Crippen molar-refractivity contribution in [2.75, 3.05) is 19.6 Å². The molecule has 0 aliphatic carbocycles. The van der Waals surface area contributed by atoms with E-state index in [0.29, 0.717) is 12.6 Å². The van der Waals surface area contributed by atoms with Gasteiger partial charge in [-0.2, -0.15) is 0 Å². The molecule has 5 nitrogen and oxygen atoms in total. The Morgan fingerprint density at radius 2 is 2.00 bits per heavy atom. The number of hydrogen-bond acceptors (Lipinski definition) is 3. The highest BCUT2D eigenvalue weighted by atomic mass is 16.4. The third kappa shape index (κ3) is 7.46. The first-order chi connectivity index (χ1) is 9.80. The summed E-state index contributed by atoms with van der Waals surface area (Å²) in [5.41, 5.74) is -0.489. The highest BCUT2D eigenvalue weighted by Crippen LogP contribution is 2.24. The number of piperidine rings is 1. The highest BCUT2D eigenvalue weighted by Gasteiger charge is 2.25. The summed E-state index contributed by atoms with van der Waals surface area (Å²) in [6, 6.07) is 0.656. The number of carbonyl (C=O) groups is 2. The second-order valence-electron chi connectivity index (χ2n) is 7.00. The zero-order valence-corrected chi connectivity index (χ0v) is 13.7. The molecule has 0 saturated carbocycles. The average molecular weight is 298 g/mol. The predicted octanol–water partition coefficient (Wildman–Crippen LogP) is 2.26. The Hall–Kier alpha value is -1.10. The lowest BCUT2D eigenvalue weighted by Crippen LogP contribution is -2.39. The second-order valence-corrected chi connectivity index (χ2v) is 7.00. The Morgan fingerprint density at radius 3 is 2.62 bits per heavy atom. The lowest BCUT2D eigenvalue weighted by molar-refractivity contribution is -0.139. The molecule has 1 heterocycles. The van der Waals surface area contributed by atoms with Crippen LogP contribution in [0.15, 0.2) is 0 Å². The van der Waals surface area contributed by atoms with E-state index in [2.05, 4.69) is 17.1 Å². The molecule has 0 bridgehead atoms. The molecule has 5 heteroatoms. The van der Waals surface area contributed by atoms with Gasteiger partial charge in [0.25, 0.3) is 0 Å². The second kappa shape index (κ2) is 8.37. The van der Waals surface area contributed by atoms with Crippen LogP contribution in [-0.4, -0.2) is 47.6 Å². The summed E-state index contributed by atoms with van der Waals surface area (Å²) in [4.78, 5) is 25.1. The zero-order valence-electron chi connectivity index (χ0n) is 13.7. The maximum Gasteiger partial charge on any atom is 0.303 e. The fourth-order valence-electron chi connectivity index (χ4n) is 2.97. The summed E-state index contributed by atoms with van der Waals surface area (Å²) < 4.78 is 0. The van der Waals surface area contributed by atoms with Crippen LogP contribution in [0.4, 0.5) is 0 Å². The number of amides is 1. The molecule has 21 heavy (non-hydrogen) atoms. The third-order valence-corrected chi connectivity index (χ3v) is 4.15. The van der Waals surface area contributed by atoms with Gasteiger partial charge in [-0.05, 0) is 38.1 Å². The largest absolute Gasteiger partial charge is 0.481 e. The van der Waals surface area contributed by atoms with E-state index in [1.807, 2.05) is 13.8 Å². The monoisotopic (exact) mass is 298 g/mol. The van der Waals surface area contributed by atoms with Crippen LogP contribution in [0, 0.1) is 5.41 Å². The zero-order chi connectivity index (χ0) is 15.9. The molecule has 1 saturated heterocycles. The Labute approximate surface area is 128 Å². The molecule has 0 aromatic heterocycles. The molecule has 1 amide bonds. The van der Waals surface area contributed by atoms with Crippen LogP contribution < -0.4 is 5.32 Å². The minimum atomic E-state index is -0.855. The number of rotatable bonds is 8. The van der Waals surface area contributed by atoms with Gasteiger partial charge in [-0.15, -0.1) is 0 Å². The SMILES string of the molecule is CC1CCCCN1CCCNC(=O)CC(C)(C)CC(=O)O. The normalized spacial score (nSPS) is 20.2. The van der Waals surface area contributed by atoms with Gasteiger partial charge in [0.05, 0.1) is 6.42 Å². The minimum absolute atomic E-state index is 0.0196. The van der Waals surface area contributed by atoms with E-state index < -0.39 is 11.4 Å². The summed E-state index contributed by atoms with van der Waals surface area (Å²) in [5.74, 6) is -0.903. The van der Waals surface area contributed by atoms with Crippen molar-refractivity contribution in [2.45, 2.75) is 65.3 Å². The van der Waals surface area contributed by atoms with Gasteiger partial charge < -0.3 is 15.3 Å². The van der Waals surface area contributed by atoms with Crippen molar-refractivity contribution in [3.8, 4) is 0 Å². The minimum Gasteiger partial charge on any atom is -0.481 e. The number of aliphatic carboxylic acids is 1. The van der Waals surface area contributed by atoms with Crippen molar-refractivity contribution in [1.82, 2.24) is 10.2 Å². The molecule has 2 N–H and O–H groups in total.